The molecule has 1 aliphatic heterocycles. The maximum atomic E-state index is 11.6. The van der Waals surface area contributed by atoms with Crippen molar-refractivity contribution in [3.05, 3.63) is 24.3 Å². The number of urea groups is 1. The Balaban J connectivity index is 1.86. The van der Waals surface area contributed by atoms with Crippen molar-refractivity contribution in [2.45, 2.75) is 32.6 Å². The molecule has 104 valence electrons. The minimum absolute atomic E-state index is 0.0000887. The molecule has 0 radical (unpaired) electrons. The van der Waals surface area contributed by atoms with Crippen LogP contribution in [0.4, 0.5) is 16.2 Å². The van der Waals surface area contributed by atoms with E-state index >= 15 is 0 Å². The van der Waals surface area contributed by atoms with E-state index in [1.807, 2.05) is 18.2 Å². The second-order valence-electron chi connectivity index (χ2n) is 4.92. The van der Waals surface area contributed by atoms with Crippen molar-refractivity contribution in [3.63, 3.8) is 0 Å². The summed E-state index contributed by atoms with van der Waals surface area (Å²) in [5, 5.41) is 6.24. The molecule has 0 aliphatic carbocycles. The molecule has 1 heterocycles. The van der Waals surface area contributed by atoms with Crippen LogP contribution in [0, 0.1) is 0 Å². The molecule has 0 spiro atoms. The molecule has 0 atom stereocenters. The van der Waals surface area contributed by atoms with Gasteiger partial charge in [-0.25, -0.2) is 4.79 Å². The van der Waals surface area contributed by atoms with E-state index in [-0.39, 0.29) is 6.03 Å². The Morgan fingerprint density at radius 3 is 2.95 bits per heavy atom. The number of carbonyl (C=O) groups is 1. The SMILES string of the molecule is CCCCCCNc1cccc(N2CCNC2=O)c1. The summed E-state index contributed by atoms with van der Waals surface area (Å²) in [7, 11) is 0. The van der Waals surface area contributed by atoms with Gasteiger partial charge in [0.05, 0.1) is 0 Å². The first-order valence-corrected chi connectivity index (χ1v) is 7.20. The molecule has 2 rings (SSSR count). The molecular weight excluding hydrogens is 238 g/mol. The summed E-state index contributed by atoms with van der Waals surface area (Å²) in [4.78, 5) is 13.4. The number of amides is 2. The van der Waals surface area contributed by atoms with Crippen LogP contribution in [0.1, 0.15) is 32.6 Å². The second kappa shape index (κ2) is 7.02. The van der Waals surface area contributed by atoms with E-state index in [2.05, 4.69) is 23.6 Å². The first-order valence-electron chi connectivity index (χ1n) is 7.20. The van der Waals surface area contributed by atoms with Crippen LogP contribution in [0.2, 0.25) is 0 Å². The number of nitrogens with one attached hydrogen (secondary N) is 2. The summed E-state index contributed by atoms with van der Waals surface area (Å²) in [5.41, 5.74) is 2.06. The molecular formula is C15H23N3O. The summed E-state index contributed by atoms with van der Waals surface area (Å²) in [6.45, 7) is 4.69. The molecule has 1 aliphatic rings. The normalized spacial score (nSPS) is 14.6. The van der Waals surface area contributed by atoms with Crippen LogP contribution in [-0.4, -0.2) is 25.7 Å². The van der Waals surface area contributed by atoms with Crippen LogP contribution < -0.4 is 15.5 Å². The Bertz CT molecular complexity index is 420. The number of rotatable bonds is 7. The molecule has 2 amide bonds. The lowest BCUT2D eigenvalue weighted by atomic mass is 10.2. The molecule has 2 N–H and O–H groups in total. The lowest BCUT2D eigenvalue weighted by Crippen LogP contribution is -2.27. The van der Waals surface area contributed by atoms with Gasteiger partial charge < -0.3 is 10.6 Å². The van der Waals surface area contributed by atoms with Crippen molar-refractivity contribution in [1.82, 2.24) is 5.32 Å². The van der Waals surface area contributed by atoms with Gasteiger partial charge in [-0.2, -0.15) is 0 Å². The Hall–Kier alpha value is -1.71. The van der Waals surface area contributed by atoms with Crippen molar-refractivity contribution in [2.24, 2.45) is 0 Å². The molecule has 0 unspecified atom stereocenters. The summed E-state index contributed by atoms with van der Waals surface area (Å²) >= 11 is 0. The maximum absolute atomic E-state index is 11.6. The van der Waals surface area contributed by atoms with Crippen molar-refractivity contribution in [3.8, 4) is 0 Å². The molecule has 0 saturated carbocycles. The van der Waals surface area contributed by atoms with Gasteiger partial charge in [0.25, 0.3) is 0 Å². The quantitative estimate of drug-likeness (QED) is 0.740. The van der Waals surface area contributed by atoms with Gasteiger partial charge in [-0.3, -0.25) is 4.90 Å². The number of nitrogens with zero attached hydrogens (tertiary/aromatic N) is 1. The van der Waals surface area contributed by atoms with Crippen LogP contribution in [0.5, 0.6) is 0 Å². The van der Waals surface area contributed by atoms with Gasteiger partial charge in [-0.15, -0.1) is 0 Å². The third-order valence-electron chi connectivity index (χ3n) is 3.37. The zero-order valence-electron chi connectivity index (χ0n) is 11.6. The lowest BCUT2D eigenvalue weighted by molar-refractivity contribution is 0.252. The topological polar surface area (TPSA) is 44.4 Å². The van der Waals surface area contributed by atoms with Crippen molar-refractivity contribution >= 4 is 17.4 Å². The van der Waals surface area contributed by atoms with Gasteiger partial charge in [0.15, 0.2) is 0 Å². The summed E-state index contributed by atoms with van der Waals surface area (Å²) < 4.78 is 0. The van der Waals surface area contributed by atoms with E-state index in [9.17, 15) is 4.79 Å². The van der Waals surface area contributed by atoms with Gasteiger partial charge in [0.1, 0.15) is 0 Å². The fourth-order valence-corrected chi connectivity index (χ4v) is 2.29. The average molecular weight is 261 g/mol. The Kier molecular flexibility index (Phi) is 5.07. The largest absolute Gasteiger partial charge is 0.385 e. The number of unbranched alkanes of at least 4 members (excludes halogenated alkanes) is 3. The number of anilines is 2. The van der Waals surface area contributed by atoms with Crippen molar-refractivity contribution < 1.29 is 4.79 Å². The van der Waals surface area contributed by atoms with Gasteiger partial charge in [-0.05, 0) is 24.6 Å². The predicted molar refractivity (Wildman–Crippen MR) is 79.8 cm³/mol. The molecule has 1 saturated heterocycles. The van der Waals surface area contributed by atoms with Crippen molar-refractivity contribution in [2.75, 3.05) is 29.9 Å². The van der Waals surface area contributed by atoms with E-state index in [4.69, 9.17) is 0 Å². The van der Waals surface area contributed by atoms with Gasteiger partial charge in [0.2, 0.25) is 0 Å². The monoisotopic (exact) mass is 261 g/mol. The van der Waals surface area contributed by atoms with Crippen LogP contribution in [0.3, 0.4) is 0 Å². The van der Waals surface area contributed by atoms with E-state index in [0.29, 0.717) is 0 Å². The molecule has 4 nitrogen and oxygen atoms in total. The molecule has 1 aromatic rings. The summed E-state index contributed by atoms with van der Waals surface area (Å²) in [6, 6.07) is 8.07. The highest BCUT2D eigenvalue weighted by atomic mass is 16.2. The first-order chi connectivity index (χ1) is 9.31. The number of hydrogen-bond acceptors (Lipinski definition) is 2. The Labute approximate surface area is 115 Å². The molecule has 1 aromatic carbocycles. The van der Waals surface area contributed by atoms with E-state index in [0.717, 1.165) is 31.0 Å². The highest BCUT2D eigenvalue weighted by Crippen LogP contribution is 2.21. The number of carbonyl (C=O) groups excluding carboxylic acids is 1. The minimum atomic E-state index is 0.0000887. The maximum Gasteiger partial charge on any atom is 0.321 e. The second-order valence-corrected chi connectivity index (χ2v) is 4.92. The zero-order valence-corrected chi connectivity index (χ0v) is 11.6. The van der Waals surface area contributed by atoms with Gasteiger partial charge in [-0.1, -0.05) is 32.3 Å². The smallest absolute Gasteiger partial charge is 0.321 e. The molecule has 19 heavy (non-hydrogen) atoms. The first kappa shape index (κ1) is 13.7. The third kappa shape index (κ3) is 3.88. The standard InChI is InChI=1S/C15H23N3O/c1-2-3-4-5-9-16-13-7-6-8-14(12-13)18-11-10-17-15(18)19/h6-8,12,16H,2-5,9-11H2,1H3,(H,17,19). The van der Waals surface area contributed by atoms with Crippen LogP contribution in [0.15, 0.2) is 24.3 Å². The highest BCUT2D eigenvalue weighted by molar-refractivity contribution is 5.94. The summed E-state index contributed by atoms with van der Waals surface area (Å²) in [5.74, 6) is 0. The van der Waals surface area contributed by atoms with Crippen LogP contribution in [0.25, 0.3) is 0 Å². The van der Waals surface area contributed by atoms with Gasteiger partial charge >= 0.3 is 6.03 Å². The van der Waals surface area contributed by atoms with Gasteiger partial charge in [0, 0.05) is 31.0 Å². The molecule has 4 heteroatoms. The Morgan fingerprint density at radius 2 is 2.21 bits per heavy atom. The number of hydrogen-bond donors (Lipinski definition) is 2. The molecule has 0 aromatic heterocycles. The molecule has 0 bridgehead atoms. The predicted octanol–water partition coefficient (Wildman–Crippen LogP) is 3.21. The highest BCUT2D eigenvalue weighted by Gasteiger charge is 2.20. The van der Waals surface area contributed by atoms with E-state index < -0.39 is 0 Å². The van der Waals surface area contributed by atoms with Crippen LogP contribution >= 0.6 is 0 Å². The number of benzene rings is 1. The minimum Gasteiger partial charge on any atom is -0.385 e. The molecule has 1 fully saturated rings. The Morgan fingerprint density at radius 1 is 1.32 bits per heavy atom. The third-order valence-corrected chi connectivity index (χ3v) is 3.37. The fourth-order valence-electron chi connectivity index (χ4n) is 2.29. The van der Waals surface area contributed by atoms with E-state index in [1.165, 1.54) is 25.7 Å². The lowest BCUT2D eigenvalue weighted by Gasteiger charge is -2.15. The van der Waals surface area contributed by atoms with Crippen molar-refractivity contribution in [1.29, 1.82) is 0 Å². The van der Waals surface area contributed by atoms with Crippen LogP contribution in [-0.2, 0) is 0 Å². The van der Waals surface area contributed by atoms with E-state index in [1.54, 1.807) is 4.90 Å². The average Bonchev–Trinajstić information content (AvgIpc) is 2.85. The fraction of sp³-hybridized carbons (Fsp3) is 0.533. The zero-order chi connectivity index (χ0) is 13.5. The summed E-state index contributed by atoms with van der Waals surface area (Å²) in [6.07, 6.45) is 5.04.